The number of hydrogen-bond donors (Lipinski definition) is 2. The van der Waals surface area contributed by atoms with E-state index in [4.69, 9.17) is 5.73 Å². The van der Waals surface area contributed by atoms with Crippen molar-refractivity contribution in [1.82, 2.24) is 9.97 Å². The van der Waals surface area contributed by atoms with Gasteiger partial charge in [-0.1, -0.05) is 0 Å². The number of nitrogens with one attached hydrogen (secondary N) is 1. The van der Waals surface area contributed by atoms with E-state index in [0.717, 1.165) is 37.2 Å². The van der Waals surface area contributed by atoms with Crippen LogP contribution in [0.3, 0.4) is 0 Å². The van der Waals surface area contributed by atoms with Crippen molar-refractivity contribution in [3.63, 3.8) is 0 Å². The fraction of sp³-hybridized carbons (Fsp3) is 0.692. The summed E-state index contributed by atoms with van der Waals surface area (Å²) in [6.45, 7) is 0. The molecule has 0 amide bonds. The van der Waals surface area contributed by atoms with Gasteiger partial charge in [0.1, 0.15) is 5.82 Å². The highest BCUT2D eigenvalue weighted by atomic mass is 16.1. The molecule has 0 aliphatic heterocycles. The second kappa shape index (κ2) is 4.26. The van der Waals surface area contributed by atoms with Crippen molar-refractivity contribution in [3.8, 4) is 0 Å². The number of hydrogen-bond acceptors (Lipinski definition) is 3. The van der Waals surface area contributed by atoms with Crippen molar-refractivity contribution < 1.29 is 0 Å². The summed E-state index contributed by atoms with van der Waals surface area (Å²) in [6.07, 6.45) is 6.59. The molecule has 4 nitrogen and oxygen atoms in total. The zero-order valence-corrected chi connectivity index (χ0v) is 9.98. The molecule has 1 heterocycles. The van der Waals surface area contributed by atoms with Crippen molar-refractivity contribution in [2.24, 2.45) is 5.73 Å². The van der Waals surface area contributed by atoms with Crippen molar-refractivity contribution in [2.45, 2.75) is 56.4 Å². The van der Waals surface area contributed by atoms with Crippen LogP contribution in [0.15, 0.2) is 10.9 Å². The average molecular weight is 233 g/mol. The molecule has 2 aliphatic carbocycles. The smallest absolute Gasteiger partial charge is 0.251 e. The summed E-state index contributed by atoms with van der Waals surface area (Å²) in [6, 6.07) is 2.02. The highest BCUT2D eigenvalue weighted by Gasteiger charge is 2.28. The van der Waals surface area contributed by atoms with Gasteiger partial charge in [-0.2, -0.15) is 0 Å². The maximum Gasteiger partial charge on any atom is 0.251 e. The zero-order valence-electron chi connectivity index (χ0n) is 9.98. The molecule has 0 atom stereocenters. The van der Waals surface area contributed by atoms with Crippen molar-refractivity contribution in [3.05, 3.63) is 27.9 Å². The van der Waals surface area contributed by atoms with E-state index in [1.165, 1.54) is 12.8 Å². The monoisotopic (exact) mass is 233 g/mol. The first-order valence-corrected chi connectivity index (χ1v) is 6.59. The van der Waals surface area contributed by atoms with E-state index in [-0.39, 0.29) is 5.56 Å². The van der Waals surface area contributed by atoms with Gasteiger partial charge in [-0.05, 0) is 38.5 Å². The number of aromatic nitrogens is 2. The Morgan fingerprint density at radius 1 is 1.12 bits per heavy atom. The third-order valence-corrected chi connectivity index (χ3v) is 3.93. The van der Waals surface area contributed by atoms with Gasteiger partial charge in [0.25, 0.3) is 5.56 Å². The Labute approximate surface area is 101 Å². The quantitative estimate of drug-likeness (QED) is 0.815. The number of H-pyrrole nitrogens is 1. The van der Waals surface area contributed by atoms with Crippen LogP contribution in [0.1, 0.15) is 61.9 Å². The number of aromatic amines is 1. The van der Waals surface area contributed by atoms with Crippen LogP contribution in [0.25, 0.3) is 0 Å². The van der Waals surface area contributed by atoms with Crippen LogP contribution in [0.5, 0.6) is 0 Å². The molecule has 2 saturated carbocycles. The SMILES string of the molecule is NC1CCC(c2cc(=O)[nH]c(C3CC3)n2)CC1. The minimum absolute atomic E-state index is 0.00627. The minimum atomic E-state index is 0.00627. The zero-order chi connectivity index (χ0) is 11.8. The van der Waals surface area contributed by atoms with E-state index in [1.54, 1.807) is 6.07 Å². The van der Waals surface area contributed by atoms with Gasteiger partial charge < -0.3 is 10.7 Å². The van der Waals surface area contributed by atoms with Gasteiger partial charge in [0.05, 0.1) is 5.69 Å². The largest absolute Gasteiger partial charge is 0.328 e. The van der Waals surface area contributed by atoms with Gasteiger partial charge in [0, 0.05) is 23.9 Å². The first-order chi connectivity index (χ1) is 8.22. The van der Waals surface area contributed by atoms with Crippen LogP contribution in [0, 0.1) is 0 Å². The molecule has 3 rings (SSSR count). The van der Waals surface area contributed by atoms with Crippen LogP contribution in [-0.4, -0.2) is 16.0 Å². The Hall–Kier alpha value is -1.16. The Bertz CT molecular complexity index is 456. The summed E-state index contributed by atoms with van der Waals surface area (Å²) in [7, 11) is 0. The van der Waals surface area contributed by atoms with E-state index in [9.17, 15) is 4.79 Å². The molecule has 4 heteroatoms. The predicted octanol–water partition coefficient (Wildman–Crippen LogP) is 1.63. The van der Waals surface area contributed by atoms with Crippen LogP contribution >= 0.6 is 0 Å². The molecule has 0 unspecified atom stereocenters. The van der Waals surface area contributed by atoms with E-state index < -0.39 is 0 Å². The lowest BCUT2D eigenvalue weighted by Gasteiger charge is -2.25. The minimum Gasteiger partial charge on any atom is -0.328 e. The van der Waals surface area contributed by atoms with Gasteiger partial charge in [0.15, 0.2) is 0 Å². The lowest BCUT2D eigenvalue weighted by atomic mass is 9.84. The van der Waals surface area contributed by atoms with E-state index in [2.05, 4.69) is 9.97 Å². The molecule has 2 aliphatic rings. The molecule has 92 valence electrons. The van der Waals surface area contributed by atoms with Crippen LogP contribution in [0.2, 0.25) is 0 Å². The highest BCUT2D eigenvalue weighted by molar-refractivity contribution is 5.14. The molecule has 3 N–H and O–H groups in total. The Morgan fingerprint density at radius 2 is 1.76 bits per heavy atom. The fourth-order valence-corrected chi connectivity index (χ4v) is 2.67. The molecule has 0 aromatic carbocycles. The summed E-state index contributed by atoms with van der Waals surface area (Å²) in [5.74, 6) is 1.85. The molecular weight excluding hydrogens is 214 g/mol. The molecule has 17 heavy (non-hydrogen) atoms. The van der Waals surface area contributed by atoms with Gasteiger partial charge in [-0.3, -0.25) is 4.79 Å². The molecule has 0 bridgehead atoms. The Kier molecular flexibility index (Phi) is 2.74. The summed E-state index contributed by atoms with van der Waals surface area (Å²) >= 11 is 0. The summed E-state index contributed by atoms with van der Waals surface area (Å²) < 4.78 is 0. The standard InChI is InChI=1S/C13H19N3O/c14-10-5-3-8(4-6-10)11-7-12(17)16-13(15-11)9-1-2-9/h7-10H,1-6,14H2,(H,15,16,17). The third kappa shape index (κ3) is 2.41. The van der Waals surface area contributed by atoms with Crippen LogP contribution in [0.4, 0.5) is 0 Å². The van der Waals surface area contributed by atoms with Gasteiger partial charge >= 0.3 is 0 Å². The first-order valence-electron chi connectivity index (χ1n) is 6.59. The van der Waals surface area contributed by atoms with E-state index in [1.807, 2.05) is 0 Å². The predicted molar refractivity (Wildman–Crippen MR) is 66.0 cm³/mol. The molecule has 0 radical (unpaired) electrons. The van der Waals surface area contributed by atoms with Gasteiger partial charge in [-0.25, -0.2) is 4.98 Å². The first kappa shape index (κ1) is 11.0. The molecule has 0 saturated heterocycles. The number of nitrogens with two attached hydrogens (primary N) is 1. The second-order valence-corrected chi connectivity index (χ2v) is 5.44. The Balaban J connectivity index is 1.84. The number of nitrogens with zero attached hydrogens (tertiary/aromatic N) is 1. The molecular formula is C13H19N3O. The molecule has 2 fully saturated rings. The van der Waals surface area contributed by atoms with E-state index >= 15 is 0 Å². The van der Waals surface area contributed by atoms with Crippen molar-refractivity contribution in [2.75, 3.05) is 0 Å². The maximum absolute atomic E-state index is 11.6. The highest BCUT2D eigenvalue weighted by Crippen LogP contribution is 2.38. The van der Waals surface area contributed by atoms with Crippen LogP contribution < -0.4 is 11.3 Å². The van der Waals surface area contributed by atoms with Crippen LogP contribution in [-0.2, 0) is 0 Å². The molecule has 1 aromatic heterocycles. The fourth-order valence-electron chi connectivity index (χ4n) is 2.67. The lowest BCUT2D eigenvalue weighted by Crippen LogP contribution is -2.26. The summed E-state index contributed by atoms with van der Waals surface area (Å²) in [5.41, 5.74) is 6.90. The maximum atomic E-state index is 11.6. The Morgan fingerprint density at radius 3 is 2.41 bits per heavy atom. The number of rotatable bonds is 2. The summed E-state index contributed by atoms with van der Waals surface area (Å²) in [5, 5.41) is 0. The van der Waals surface area contributed by atoms with Gasteiger partial charge in [0.2, 0.25) is 0 Å². The van der Waals surface area contributed by atoms with Gasteiger partial charge in [-0.15, -0.1) is 0 Å². The lowest BCUT2D eigenvalue weighted by molar-refractivity contribution is 0.389. The normalized spacial score (nSPS) is 29.2. The molecule has 1 aromatic rings. The van der Waals surface area contributed by atoms with Crippen molar-refractivity contribution in [1.29, 1.82) is 0 Å². The average Bonchev–Trinajstić information content (AvgIpc) is 3.13. The van der Waals surface area contributed by atoms with E-state index in [0.29, 0.717) is 17.9 Å². The second-order valence-electron chi connectivity index (χ2n) is 5.44. The van der Waals surface area contributed by atoms with Crippen molar-refractivity contribution >= 4 is 0 Å². The third-order valence-electron chi connectivity index (χ3n) is 3.93. The summed E-state index contributed by atoms with van der Waals surface area (Å²) in [4.78, 5) is 19.1. The molecule has 0 spiro atoms. The topological polar surface area (TPSA) is 71.8 Å².